The van der Waals surface area contributed by atoms with Crippen LogP contribution in [0.15, 0.2) is 28.7 Å². The topological polar surface area (TPSA) is 33.4 Å². The van der Waals surface area contributed by atoms with Crippen LogP contribution in [0.2, 0.25) is 0 Å². The van der Waals surface area contributed by atoms with Crippen molar-refractivity contribution in [3.63, 3.8) is 0 Å². The molecule has 1 fully saturated rings. The van der Waals surface area contributed by atoms with Crippen LogP contribution < -0.4 is 0 Å². The van der Waals surface area contributed by atoms with Crippen molar-refractivity contribution in [3.8, 4) is 0 Å². The summed E-state index contributed by atoms with van der Waals surface area (Å²) in [6.45, 7) is 6.48. The van der Waals surface area contributed by atoms with Gasteiger partial charge < -0.3 is 9.52 Å². The van der Waals surface area contributed by atoms with E-state index in [0.29, 0.717) is 11.8 Å². The van der Waals surface area contributed by atoms with Gasteiger partial charge in [0.05, 0.1) is 0 Å². The Morgan fingerprint density at radius 3 is 2.53 bits per heavy atom. The van der Waals surface area contributed by atoms with E-state index >= 15 is 0 Å². The van der Waals surface area contributed by atoms with Gasteiger partial charge in [-0.15, -0.1) is 0 Å². The maximum Gasteiger partial charge on any atom is 0.137 e. The maximum atomic E-state index is 11.0. The van der Waals surface area contributed by atoms with Gasteiger partial charge in [-0.05, 0) is 49.7 Å². The first-order valence-electron chi connectivity index (χ1n) is 7.20. The molecule has 1 heterocycles. The Balaban J connectivity index is 2.05. The zero-order valence-electron chi connectivity index (χ0n) is 11.9. The molecule has 1 saturated carbocycles. The molecule has 102 valence electrons. The largest absolute Gasteiger partial charge is 0.458 e. The van der Waals surface area contributed by atoms with Crippen molar-refractivity contribution in [2.24, 2.45) is 11.8 Å². The molecule has 0 radical (unpaired) electrons. The van der Waals surface area contributed by atoms with E-state index in [1.807, 2.05) is 31.2 Å². The number of benzene rings is 1. The number of aryl methyl sites for hydroxylation is 1. The molecular weight excluding hydrogens is 236 g/mol. The monoisotopic (exact) mass is 258 g/mol. The van der Waals surface area contributed by atoms with Crippen molar-refractivity contribution >= 4 is 11.0 Å². The van der Waals surface area contributed by atoms with Crippen LogP contribution in [-0.4, -0.2) is 5.11 Å². The van der Waals surface area contributed by atoms with Crippen molar-refractivity contribution < 1.29 is 9.52 Å². The zero-order valence-corrected chi connectivity index (χ0v) is 11.9. The Labute approximate surface area is 114 Å². The highest BCUT2D eigenvalue weighted by Gasteiger charge is 2.40. The molecule has 2 unspecified atom stereocenters. The van der Waals surface area contributed by atoms with E-state index in [2.05, 4.69) is 13.8 Å². The molecule has 1 aliphatic carbocycles. The standard InChI is InChI=1S/C17H22O2/c1-11-7-12(2)10-17(18,9-11)15-8-14-6-4-5-13(3)16(14)19-15/h4-6,8,11-12,18H,7,9-10H2,1-3H3. The first-order chi connectivity index (χ1) is 8.98. The molecule has 2 heteroatoms. The highest BCUT2D eigenvalue weighted by atomic mass is 16.4. The van der Waals surface area contributed by atoms with Gasteiger partial charge in [-0.25, -0.2) is 0 Å². The number of hydrogen-bond donors (Lipinski definition) is 1. The number of fused-ring (bicyclic) bond motifs is 1. The number of hydrogen-bond acceptors (Lipinski definition) is 2. The molecule has 1 aliphatic rings. The number of aliphatic hydroxyl groups is 1. The lowest BCUT2D eigenvalue weighted by Crippen LogP contribution is -2.35. The number of para-hydroxylation sites is 1. The summed E-state index contributed by atoms with van der Waals surface area (Å²) in [4.78, 5) is 0. The molecule has 0 saturated heterocycles. The highest BCUT2D eigenvalue weighted by Crippen LogP contribution is 2.44. The van der Waals surface area contributed by atoms with Gasteiger partial charge >= 0.3 is 0 Å². The first kappa shape index (κ1) is 12.7. The van der Waals surface area contributed by atoms with Gasteiger partial charge in [0.2, 0.25) is 0 Å². The highest BCUT2D eigenvalue weighted by molar-refractivity contribution is 5.81. The Kier molecular flexibility index (Phi) is 2.94. The van der Waals surface area contributed by atoms with Gasteiger partial charge in [0.25, 0.3) is 0 Å². The van der Waals surface area contributed by atoms with Gasteiger partial charge in [-0.1, -0.05) is 32.0 Å². The van der Waals surface area contributed by atoms with Crippen LogP contribution in [0.25, 0.3) is 11.0 Å². The quantitative estimate of drug-likeness (QED) is 0.823. The first-order valence-corrected chi connectivity index (χ1v) is 7.20. The molecule has 1 aromatic carbocycles. The van der Waals surface area contributed by atoms with Crippen LogP contribution in [0.1, 0.15) is 44.4 Å². The Bertz CT molecular complexity index is 586. The van der Waals surface area contributed by atoms with Crippen LogP contribution in [0.5, 0.6) is 0 Å². The van der Waals surface area contributed by atoms with Crippen molar-refractivity contribution in [3.05, 3.63) is 35.6 Å². The van der Waals surface area contributed by atoms with E-state index in [1.165, 1.54) is 6.42 Å². The van der Waals surface area contributed by atoms with E-state index < -0.39 is 5.60 Å². The molecule has 0 spiro atoms. The summed E-state index contributed by atoms with van der Waals surface area (Å²) in [6, 6.07) is 8.15. The molecule has 0 aliphatic heterocycles. The minimum atomic E-state index is -0.789. The summed E-state index contributed by atoms with van der Waals surface area (Å²) in [5.41, 5.74) is 1.25. The van der Waals surface area contributed by atoms with E-state index in [9.17, 15) is 5.11 Å². The summed E-state index contributed by atoms with van der Waals surface area (Å²) in [5.74, 6) is 1.83. The van der Waals surface area contributed by atoms with Gasteiger partial charge in [-0.2, -0.15) is 0 Å². The zero-order chi connectivity index (χ0) is 13.6. The Hall–Kier alpha value is -1.28. The summed E-state index contributed by atoms with van der Waals surface area (Å²) in [7, 11) is 0. The molecule has 2 atom stereocenters. The van der Waals surface area contributed by atoms with Crippen LogP contribution in [0.3, 0.4) is 0 Å². The smallest absolute Gasteiger partial charge is 0.137 e. The minimum Gasteiger partial charge on any atom is -0.458 e. The van der Waals surface area contributed by atoms with Crippen LogP contribution in [0, 0.1) is 18.8 Å². The third-order valence-electron chi connectivity index (χ3n) is 4.38. The molecule has 19 heavy (non-hydrogen) atoms. The summed E-state index contributed by atoms with van der Waals surface area (Å²) < 4.78 is 5.99. The lowest BCUT2D eigenvalue weighted by Gasteiger charge is -2.37. The predicted octanol–water partition coefficient (Wildman–Crippen LogP) is 4.38. The summed E-state index contributed by atoms with van der Waals surface area (Å²) >= 11 is 0. The third kappa shape index (κ3) is 2.18. The fourth-order valence-corrected chi connectivity index (χ4v) is 3.73. The molecule has 0 amide bonds. The van der Waals surface area contributed by atoms with Crippen molar-refractivity contribution in [2.75, 3.05) is 0 Å². The lowest BCUT2D eigenvalue weighted by molar-refractivity contribution is -0.0515. The van der Waals surface area contributed by atoms with Gasteiger partial charge in [0, 0.05) is 5.39 Å². The Morgan fingerprint density at radius 2 is 1.89 bits per heavy atom. The molecule has 0 bridgehead atoms. The average Bonchev–Trinajstić information content (AvgIpc) is 2.73. The van der Waals surface area contributed by atoms with E-state index in [0.717, 1.165) is 35.1 Å². The predicted molar refractivity (Wildman–Crippen MR) is 77.0 cm³/mol. The minimum absolute atomic E-state index is 0.544. The van der Waals surface area contributed by atoms with Crippen LogP contribution in [-0.2, 0) is 5.60 Å². The second-order valence-corrected chi connectivity index (χ2v) is 6.49. The number of rotatable bonds is 1. The fraction of sp³-hybridized carbons (Fsp3) is 0.529. The van der Waals surface area contributed by atoms with Crippen molar-refractivity contribution in [1.29, 1.82) is 0 Å². The fourth-order valence-electron chi connectivity index (χ4n) is 3.73. The SMILES string of the molecule is Cc1cccc2cc(C3(O)CC(C)CC(C)C3)oc12. The van der Waals surface area contributed by atoms with E-state index in [-0.39, 0.29) is 0 Å². The molecule has 3 rings (SSSR count). The maximum absolute atomic E-state index is 11.0. The molecule has 1 aromatic heterocycles. The van der Waals surface area contributed by atoms with Crippen LogP contribution >= 0.6 is 0 Å². The lowest BCUT2D eigenvalue weighted by atomic mass is 9.73. The third-order valence-corrected chi connectivity index (χ3v) is 4.38. The van der Waals surface area contributed by atoms with E-state index in [1.54, 1.807) is 0 Å². The van der Waals surface area contributed by atoms with Crippen molar-refractivity contribution in [1.82, 2.24) is 0 Å². The van der Waals surface area contributed by atoms with Crippen LogP contribution in [0.4, 0.5) is 0 Å². The van der Waals surface area contributed by atoms with Gasteiger partial charge in [0.1, 0.15) is 16.9 Å². The van der Waals surface area contributed by atoms with E-state index in [4.69, 9.17) is 4.42 Å². The molecular formula is C17H22O2. The molecule has 2 nitrogen and oxygen atoms in total. The molecule has 2 aromatic rings. The second-order valence-electron chi connectivity index (χ2n) is 6.49. The van der Waals surface area contributed by atoms with Gasteiger partial charge in [-0.3, -0.25) is 0 Å². The summed E-state index contributed by atoms with van der Waals surface area (Å²) in [6.07, 6.45) is 2.80. The second kappa shape index (κ2) is 4.38. The number of furan rings is 1. The normalized spacial score (nSPS) is 31.8. The average molecular weight is 258 g/mol. The molecule has 1 N–H and O–H groups in total. The summed E-state index contributed by atoms with van der Waals surface area (Å²) in [5, 5.41) is 12.1. The Morgan fingerprint density at radius 1 is 1.21 bits per heavy atom. The van der Waals surface area contributed by atoms with Gasteiger partial charge in [0.15, 0.2) is 0 Å². The van der Waals surface area contributed by atoms with Crippen molar-refractivity contribution in [2.45, 2.75) is 45.6 Å².